The Morgan fingerprint density at radius 3 is 2.67 bits per heavy atom. The van der Waals surface area contributed by atoms with E-state index in [0.717, 1.165) is 38.6 Å². The highest BCUT2D eigenvalue weighted by molar-refractivity contribution is 5.91. The van der Waals surface area contributed by atoms with Crippen LogP contribution in [0.15, 0.2) is 11.6 Å². The number of carbonyl (C=O) groups excluding carboxylic acids is 2. The largest absolute Gasteiger partial charge is 0.355 e. The molecule has 114 valence electrons. The summed E-state index contributed by atoms with van der Waals surface area (Å²) in [5, 5.41) is 3.12. The van der Waals surface area contributed by atoms with Crippen molar-refractivity contribution in [3.63, 3.8) is 0 Å². The molecule has 2 saturated carbocycles. The van der Waals surface area contributed by atoms with E-state index < -0.39 is 0 Å². The first kappa shape index (κ1) is 13.5. The van der Waals surface area contributed by atoms with Crippen LogP contribution in [0.5, 0.6) is 0 Å². The van der Waals surface area contributed by atoms with Crippen LogP contribution in [0.25, 0.3) is 0 Å². The van der Waals surface area contributed by atoms with Crippen molar-refractivity contribution >= 4 is 11.7 Å². The van der Waals surface area contributed by atoms with E-state index in [4.69, 9.17) is 0 Å². The van der Waals surface area contributed by atoms with Gasteiger partial charge in [0.1, 0.15) is 0 Å². The Morgan fingerprint density at radius 1 is 1.05 bits per heavy atom. The molecule has 0 spiro atoms. The zero-order valence-electron chi connectivity index (χ0n) is 13.1. The Morgan fingerprint density at radius 2 is 1.86 bits per heavy atom. The molecule has 0 aromatic heterocycles. The van der Waals surface area contributed by atoms with Crippen LogP contribution in [0, 0.1) is 28.6 Å². The van der Waals surface area contributed by atoms with Crippen molar-refractivity contribution in [3.05, 3.63) is 11.6 Å². The monoisotopic (exact) mass is 287 g/mol. The number of nitrogens with one attached hydrogen (secondary N) is 1. The minimum atomic E-state index is -0.136. The topological polar surface area (TPSA) is 46.2 Å². The highest BCUT2D eigenvalue weighted by atomic mass is 16.2. The highest BCUT2D eigenvalue weighted by Crippen LogP contribution is 2.62. The van der Waals surface area contributed by atoms with Gasteiger partial charge in [0.25, 0.3) is 0 Å². The van der Waals surface area contributed by atoms with Gasteiger partial charge < -0.3 is 5.32 Å². The molecule has 5 atom stereocenters. The number of amides is 1. The van der Waals surface area contributed by atoms with Crippen LogP contribution in [0.4, 0.5) is 0 Å². The Labute approximate surface area is 126 Å². The van der Waals surface area contributed by atoms with Gasteiger partial charge in [-0.15, -0.1) is 0 Å². The molecule has 0 aromatic carbocycles. The number of ketones is 1. The van der Waals surface area contributed by atoms with Gasteiger partial charge in [-0.25, -0.2) is 0 Å². The summed E-state index contributed by atoms with van der Waals surface area (Å²) in [6, 6.07) is 0. The molecule has 1 aliphatic heterocycles. The lowest BCUT2D eigenvalue weighted by Crippen LogP contribution is -2.51. The van der Waals surface area contributed by atoms with Crippen molar-refractivity contribution < 1.29 is 9.59 Å². The van der Waals surface area contributed by atoms with E-state index in [1.165, 1.54) is 5.57 Å². The van der Waals surface area contributed by atoms with E-state index in [2.05, 4.69) is 19.2 Å². The zero-order valence-corrected chi connectivity index (χ0v) is 13.1. The Balaban J connectivity index is 1.70. The van der Waals surface area contributed by atoms with Crippen molar-refractivity contribution in [2.24, 2.45) is 28.6 Å². The summed E-state index contributed by atoms with van der Waals surface area (Å²) in [5.41, 5.74) is 1.48. The average Bonchev–Trinajstić information content (AvgIpc) is 2.76. The van der Waals surface area contributed by atoms with E-state index in [1.54, 1.807) is 0 Å². The lowest BCUT2D eigenvalue weighted by molar-refractivity contribution is -0.133. The van der Waals surface area contributed by atoms with Crippen LogP contribution in [-0.2, 0) is 9.59 Å². The molecule has 0 radical (unpaired) electrons. The second-order valence-electron chi connectivity index (χ2n) is 8.14. The van der Waals surface area contributed by atoms with E-state index in [9.17, 15) is 9.59 Å². The molecule has 3 heteroatoms. The third-order valence-corrected chi connectivity index (χ3v) is 7.35. The second kappa shape index (κ2) is 4.21. The van der Waals surface area contributed by atoms with Gasteiger partial charge in [0.15, 0.2) is 5.78 Å². The van der Waals surface area contributed by atoms with Gasteiger partial charge in [0, 0.05) is 13.0 Å². The summed E-state index contributed by atoms with van der Waals surface area (Å²) < 4.78 is 0. The van der Waals surface area contributed by atoms with Gasteiger partial charge >= 0.3 is 0 Å². The Bertz CT molecular complexity index is 551. The molecule has 3 fully saturated rings. The molecular weight excluding hydrogens is 262 g/mol. The predicted octanol–water partition coefficient (Wildman–Crippen LogP) is 2.85. The molecule has 4 aliphatic rings. The maximum absolute atomic E-state index is 12.2. The van der Waals surface area contributed by atoms with Gasteiger partial charge in [-0.2, -0.15) is 0 Å². The van der Waals surface area contributed by atoms with Crippen molar-refractivity contribution in [1.29, 1.82) is 0 Å². The van der Waals surface area contributed by atoms with Gasteiger partial charge in [0.05, 0.1) is 5.41 Å². The standard InChI is InChI=1S/C18H25NO2/c1-17-7-5-12(20)9-11(17)3-4-13-14(17)6-8-18(2)15(13)10-19-16(18)21/h9,13-15H,3-8,10H2,1-2H3,(H,19,21)/t13-,14+,15+,17+,18+/m1/s1. The Hall–Kier alpha value is -1.12. The summed E-state index contributed by atoms with van der Waals surface area (Å²) in [6.07, 6.45) is 8.06. The number of hydrogen-bond donors (Lipinski definition) is 1. The van der Waals surface area contributed by atoms with E-state index >= 15 is 0 Å². The minimum Gasteiger partial charge on any atom is -0.355 e. The summed E-state index contributed by atoms with van der Waals surface area (Å²) in [4.78, 5) is 24.0. The van der Waals surface area contributed by atoms with Crippen molar-refractivity contribution in [3.8, 4) is 0 Å². The molecule has 3 nitrogen and oxygen atoms in total. The summed E-state index contributed by atoms with van der Waals surface area (Å²) in [6.45, 7) is 5.42. The molecule has 1 heterocycles. The van der Waals surface area contributed by atoms with Crippen LogP contribution in [0.3, 0.4) is 0 Å². The van der Waals surface area contributed by atoms with Gasteiger partial charge in [-0.3, -0.25) is 9.59 Å². The van der Waals surface area contributed by atoms with Crippen molar-refractivity contribution in [2.75, 3.05) is 6.54 Å². The lowest BCUT2D eigenvalue weighted by Gasteiger charge is -2.56. The van der Waals surface area contributed by atoms with Crippen LogP contribution in [0.2, 0.25) is 0 Å². The molecule has 1 amide bonds. The van der Waals surface area contributed by atoms with Crippen LogP contribution in [-0.4, -0.2) is 18.2 Å². The highest BCUT2D eigenvalue weighted by Gasteiger charge is 2.59. The maximum Gasteiger partial charge on any atom is 0.226 e. The van der Waals surface area contributed by atoms with E-state index in [-0.39, 0.29) is 16.7 Å². The van der Waals surface area contributed by atoms with E-state index in [1.807, 2.05) is 6.08 Å². The summed E-state index contributed by atoms with van der Waals surface area (Å²) >= 11 is 0. The third-order valence-electron chi connectivity index (χ3n) is 7.35. The number of hydrogen-bond acceptors (Lipinski definition) is 2. The molecular formula is C18H25NO2. The maximum atomic E-state index is 12.2. The Kier molecular flexibility index (Phi) is 2.71. The van der Waals surface area contributed by atoms with Gasteiger partial charge in [-0.05, 0) is 61.3 Å². The predicted molar refractivity (Wildman–Crippen MR) is 80.5 cm³/mol. The average molecular weight is 287 g/mol. The molecule has 0 aromatic rings. The van der Waals surface area contributed by atoms with Gasteiger partial charge in [0.2, 0.25) is 5.91 Å². The first-order chi connectivity index (χ1) is 9.95. The van der Waals surface area contributed by atoms with Crippen LogP contribution in [0.1, 0.15) is 52.4 Å². The SMILES string of the molecule is C[C@]12CCC(=O)C=C1CC[C@@H]1[C@@H]2CC[C@]2(C)C(=O)NC[C@@H]12. The fourth-order valence-electron chi connectivity index (χ4n) is 5.94. The smallest absolute Gasteiger partial charge is 0.226 e. The fraction of sp³-hybridized carbons (Fsp3) is 0.778. The minimum absolute atomic E-state index is 0.136. The molecule has 1 saturated heterocycles. The molecule has 0 unspecified atom stereocenters. The van der Waals surface area contributed by atoms with Crippen molar-refractivity contribution in [2.45, 2.75) is 52.4 Å². The van der Waals surface area contributed by atoms with Crippen LogP contribution < -0.4 is 5.32 Å². The van der Waals surface area contributed by atoms with E-state index in [0.29, 0.717) is 30.0 Å². The zero-order chi connectivity index (χ0) is 14.8. The number of allylic oxidation sites excluding steroid dienone is 2. The fourth-order valence-corrected chi connectivity index (χ4v) is 5.94. The molecule has 3 aliphatic carbocycles. The third kappa shape index (κ3) is 1.66. The van der Waals surface area contributed by atoms with Crippen molar-refractivity contribution in [1.82, 2.24) is 5.32 Å². The summed E-state index contributed by atoms with van der Waals surface area (Å²) in [5.74, 6) is 2.41. The summed E-state index contributed by atoms with van der Waals surface area (Å²) in [7, 11) is 0. The molecule has 21 heavy (non-hydrogen) atoms. The normalized spacial score (nSPS) is 48.9. The number of rotatable bonds is 0. The first-order valence-corrected chi connectivity index (χ1v) is 8.47. The molecule has 0 bridgehead atoms. The van der Waals surface area contributed by atoms with Crippen LogP contribution >= 0.6 is 0 Å². The second-order valence-corrected chi connectivity index (χ2v) is 8.14. The number of carbonyl (C=O) groups is 2. The van der Waals surface area contributed by atoms with Gasteiger partial charge in [-0.1, -0.05) is 19.4 Å². The number of fused-ring (bicyclic) bond motifs is 5. The first-order valence-electron chi connectivity index (χ1n) is 8.47. The molecule has 1 N–H and O–H groups in total. The molecule has 4 rings (SSSR count). The quantitative estimate of drug-likeness (QED) is 0.744. The lowest BCUT2D eigenvalue weighted by atomic mass is 9.47.